The summed E-state index contributed by atoms with van der Waals surface area (Å²) in [4.78, 5) is 2.45. The lowest BCUT2D eigenvalue weighted by molar-refractivity contribution is 0.104. The van der Waals surface area contributed by atoms with Gasteiger partial charge in [-0.3, -0.25) is 0 Å². The second kappa shape index (κ2) is 6.58. The molecule has 108 valence electrons. The lowest BCUT2D eigenvalue weighted by Gasteiger charge is -2.44. The Balaban J connectivity index is 2.14. The minimum absolute atomic E-state index is 0.312. The Labute approximate surface area is 117 Å². The minimum atomic E-state index is 0.312. The van der Waals surface area contributed by atoms with E-state index >= 15 is 0 Å². The van der Waals surface area contributed by atoms with Gasteiger partial charge in [-0.1, -0.05) is 19.8 Å². The monoisotopic (exact) mass is 264 g/mol. The molecule has 0 spiro atoms. The Morgan fingerprint density at radius 1 is 1.37 bits per heavy atom. The molecule has 0 aromatic carbocycles. The molecular weight excluding hydrogens is 236 g/mol. The van der Waals surface area contributed by atoms with Gasteiger partial charge in [0.2, 0.25) is 0 Å². The number of nitrogens with zero attached hydrogens (tertiary/aromatic N) is 1. The van der Waals surface area contributed by atoms with Crippen molar-refractivity contribution in [1.82, 2.24) is 10.2 Å². The fourth-order valence-electron chi connectivity index (χ4n) is 3.51. The number of furan rings is 1. The first-order valence-corrected chi connectivity index (χ1v) is 7.61. The first kappa shape index (κ1) is 14.6. The van der Waals surface area contributed by atoms with Crippen LogP contribution in [-0.2, 0) is 6.42 Å². The zero-order chi connectivity index (χ0) is 13.7. The van der Waals surface area contributed by atoms with Crippen molar-refractivity contribution in [3.8, 4) is 0 Å². The van der Waals surface area contributed by atoms with Crippen LogP contribution in [-0.4, -0.2) is 37.1 Å². The van der Waals surface area contributed by atoms with Crippen LogP contribution in [0.4, 0.5) is 0 Å². The first-order chi connectivity index (χ1) is 9.19. The Bertz CT molecular complexity index is 353. The smallest absolute Gasteiger partial charge is 0.0935 e. The van der Waals surface area contributed by atoms with Crippen molar-refractivity contribution < 1.29 is 4.42 Å². The van der Waals surface area contributed by atoms with Gasteiger partial charge >= 0.3 is 0 Å². The Kier molecular flexibility index (Phi) is 5.06. The van der Waals surface area contributed by atoms with Crippen LogP contribution in [0.5, 0.6) is 0 Å². The van der Waals surface area contributed by atoms with Gasteiger partial charge in [0.25, 0.3) is 0 Å². The van der Waals surface area contributed by atoms with E-state index in [4.69, 9.17) is 4.42 Å². The summed E-state index contributed by atoms with van der Waals surface area (Å²) in [6.45, 7) is 3.33. The van der Waals surface area contributed by atoms with Crippen LogP contribution in [0.3, 0.4) is 0 Å². The summed E-state index contributed by atoms with van der Waals surface area (Å²) in [5, 5.41) is 3.79. The van der Waals surface area contributed by atoms with Gasteiger partial charge in [-0.25, -0.2) is 0 Å². The van der Waals surface area contributed by atoms with Gasteiger partial charge in [-0.15, -0.1) is 0 Å². The van der Waals surface area contributed by atoms with Crippen molar-refractivity contribution in [2.75, 3.05) is 20.6 Å². The second-order valence-corrected chi connectivity index (χ2v) is 6.05. The molecule has 1 unspecified atom stereocenters. The second-order valence-electron chi connectivity index (χ2n) is 6.05. The van der Waals surface area contributed by atoms with Gasteiger partial charge in [0, 0.05) is 11.6 Å². The molecule has 0 bridgehead atoms. The van der Waals surface area contributed by atoms with Crippen molar-refractivity contribution >= 4 is 0 Å². The average Bonchev–Trinajstić information content (AvgIpc) is 3.05. The highest BCUT2D eigenvalue weighted by molar-refractivity contribution is 5.13. The van der Waals surface area contributed by atoms with Crippen LogP contribution in [0, 0.1) is 0 Å². The third-order valence-electron chi connectivity index (χ3n) is 4.67. The molecule has 3 nitrogen and oxygen atoms in total. The lowest BCUT2D eigenvalue weighted by atomic mass is 9.83. The molecule has 1 saturated carbocycles. The van der Waals surface area contributed by atoms with Gasteiger partial charge < -0.3 is 14.6 Å². The summed E-state index contributed by atoms with van der Waals surface area (Å²) in [5.41, 5.74) is 1.62. The van der Waals surface area contributed by atoms with Gasteiger partial charge in [0.1, 0.15) is 0 Å². The molecule has 1 atom stereocenters. The zero-order valence-corrected chi connectivity index (χ0v) is 12.6. The van der Waals surface area contributed by atoms with Crippen molar-refractivity contribution in [1.29, 1.82) is 0 Å². The van der Waals surface area contributed by atoms with Crippen LogP contribution in [0.2, 0.25) is 0 Å². The van der Waals surface area contributed by atoms with E-state index < -0.39 is 0 Å². The fourth-order valence-corrected chi connectivity index (χ4v) is 3.51. The average molecular weight is 264 g/mol. The Morgan fingerprint density at radius 2 is 2.11 bits per heavy atom. The zero-order valence-electron chi connectivity index (χ0n) is 12.6. The van der Waals surface area contributed by atoms with E-state index in [2.05, 4.69) is 37.3 Å². The SMILES string of the molecule is CCCNC(Cc1ccoc1)C1(N(C)C)CCCC1. The normalized spacial score (nSPS) is 20.0. The molecule has 1 aromatic heterocycles. The highest BCUT2D eigenvalue weighted by atomic mass is 16.3. The fraction of sp³-hybridized carbons (Fsp3) is 0.750. The van der Waals surface area contributed by atoms with Gasteiger partial charge in [-0.05, 0) is 58.0 Å². The maximum absolute atomic E-state index is 5.23. The summed E-state index contributed by atoms with van der Waals surface area (Å²) in [7, 11) is 4.47. The molecule has 0 saturated heterocycles. The lowest BCUT2D eigenvalue weighted by Crippen LogP contribution is -2.58. The quantitative estimate of drug-likeness (QED) is 0.820. The molecule has 3 heteroatoms. The summed E-state index contributed by atoms with van der Waals surface area (Å²) in [6.07, 6.45) is 11.2. The highest BCUT2D eigenvalue weighted by Crippen LogP contribution is 2.37. The van der Waals surface area contributed by atoms with Crippen LogP contribution < -0.4 is 5.32 Å². The minimum Gasteiger partial charge on any atom is -0.472 e. The molecular formula is C16H28N2O. The summed E-state index contributed by atoms with van der Waals surface area (Å²) in [5.74, 6) is 0. The molecule has 1 aliphatic rings. The molecule has 1 N–H and O–H groups in total. The summed E-state index contributed by atoms with van der Waals surface area (Å²) >= 11 is 0. The molecule has 0 aliphatic heterocycles. The van der Waals surface area contributed by atoms with E-state index in [9.17, 15) is 0 Å². The van der Waals surface area contributed by atoms with E-state index in [-0.39, 0.29) is 0 Å². The van der Waals surface area contributed by atoms with Crippen LogP contribution in [0.1, 0.15) is 44.6 Å². The molecule has 19 heavy (non-hydrogen) atoms. The van der Waals surface area contributed by atoms with Gasteiger partial charge in [0.15, 0.2) is 0 Å². The predicted octanol–water partition coefficient (Wildman–Crippen LogP) is 3.06. The third kappa shape index (κ3) is 3.21. The van der Waals surface area contributed by atoms with Crippen LogP contribution in [0.15, 0.2) is 23.0 Å². The highest BCUT2D eigenvalue weighted by Gasteiger charge is 2.42. The van der Waals surface area contributed by atoms with Crippen molar-refractivity contribution in [3.05, 3.63) is 24.2 Å². The van der Waals surface area contributed by atoms with Crippen LogP contribution in [0.25, 0.3) is 0 Å². The van der Waals surface area contributed by atoms with E-state index in [1.54, 1.807) is 6.26 Å². The number of likely N-dealkylation sites (N-methyl/N-ethyl adjacent to an activating group) is 1. The molecule has 0 radical (unpaired) electrons. The van der Waals surface area contributed by atoms with Crippen molar-refractivity contribution in [2.45, 2.75) is 57.0 Å². The van der Waals surface area contributed by atoms with Crippen molar-refractivity contribution in [2.24, 2.45) is 0 Å². The number of hydrogen-bond acceptors (Lipinski definition) is 3. The first-order valence-electron chi connectivity index (χ1n) is 7.61. The predicted molar refractivity (Wildman–Crippen MR) is 79.4 cm³/mol. The molecule has 2 rings (SSSR count). The topological polar surface area (TPSA) is 28.4 Å². The number of rotatable bonds is 7. The Morgan fingerprint density at radius 3 is 2.63 bits per heavy atom. The van der Waals surface area contributed by atoms with E-state index in [1.807, 2.05) is 6.26 Å². The largest absolute Gasteiger partial charge is 0.472 e. The maximum Gasteiger partial charge on any atom is 0.0935 e. The molecule has 1 aliphatic carbocycles. The number of hydrogen-bond donors (Lipinski definition) is 1. The van der Waals surface area contributed by atoms with E-state index in [1.165, 1.54) is 37.7 Å². The van der Waals surface area contributed by atoms with Crippen LogP contribution >= 0.6 is 0 Å². The standard InChI is InChI=1S/C16H28N2O/c1-4-10-17-15(12-14-7-11-19-13-14)16(18(2)3)8-5-6-9-16/h7,11,13,15,17H,4-6,8-10,12H2,1-3H3. The van der Waals surface area contributed by atoms with Gasteiger partial charge in [-0.2, -0.15) is 0 Å². The molecule has 1 heterocycles. The third-order valence-corrected chi connectivity index (χ3v) is 4.67. The van der Waals surface area contributed by atoms with E-state index in [0.717, 1.165) is 13.0 Å². The summed E-state index contributed by atoms with van der Waals surface area (Å²) in [6, 6.07) is 2.61. The van der Waals surface area contributed by atoms with E-state index in [0.29, 0.717) is 11.6 Å². The molecule has 0 amide bonds. The molecule has 1 aromatic rings. The van der Waals surface area contributed by atoms with Gasteiger partial charge in [0.05, 0.1) is 12.5 Å². The number of nitrogens with one attached hydrogen (secondary N) is 1. The Hall–Kier alpha value is -0.800. The maximum atomic E-state index is 5.23. The molecule has 1 fully saturated rings. The summed E-state index contributed by atoms with van der Waals surface area (Å²) < 4.78 is 5.23. The van der Waals surface area contributed by atoms with Crippen molar-refractivity contribution in [3.63, 3.8) is 0 Å².